The van der Waals surface area contributed by atoms with Crippen molar-refractivity contribution in [3.8, 4) is 0 Å². The number of H-pyrrole nitrogens is 1. The van der Waals surface area contributed by atoms with Gasteiger partial charge in [-0.3, -0.25) is 29.5 Å². The van der Waals surface area contributed by atoms with E-state index in [1.54, 1.807) is 6.92 Å². The lowest BCUT2D eigenvalue weighted by molar-refractivity contribution is -0.315. The zero-order valence-corrected chi connectivity index (χ0v) is 23.6. The van der Waals surface area contributed by atoms with Crippen LogP contribution in [0.25, 0.3) is 10.9 Å². The maximum absolute atomic E-state index is 14.0. The molecule has 0 unspecified atom stereocenters. The molecule has 3 N–H and O–H groups in total. The van der Waals surface area contributed by atoms with Gasteiger partial charge >= 0.3 is 0 Å². The third-order valence-corrected chi connectivity index (χ3v) is 10.0. The van der Waals surface area contributed by atoms with Crippen LogP contribution in [0.2, 0.25) is 0 Å². The van der Waals surface area contributed by atoms with Gasteiger partial charge < -0.3 is 19.7 Å². The Labute approximate surface area is 234 Å². The van der Waals surface area contributed by atoms with Gasteiger partial charge in [0.25, 0.3) is 17.7 Å². The van der Waals surface area contributed by atoms with E-state index in [1.807, 2.05) is 13.8 Å². The van der Waals surface area contributed by atoms with E-state index in [-0.39, 0.29) is 30.6 Å². The van der Waals surface area contributed by atoms with Crippen LogP contribution in [0.15, 0.2) is 24.4 Å². The number of likely N-dealkylation sites (tertiary alicyclic amines) is 1. The summed E-state index contributed by atoms with van der Waals surface area (Å²) in [5, 5.41) is 16.6. The largest absolute Gasteiger partial charge is 0.361 e. The number of fused-ring (bicyclic) bond motifs is 5. The normalized spacial score (nSPS) is 37.5. The molecule has 1 aromatic heterocycles. The summed E-state index contributed by atoms with van der Waals surface area (Å²) < 4.78 is 6.24. The molecule has 2 aromatic rings. The second-order valence-corrected chi connectivity index (χ2v) is 13.2. The Morgan fingerprint density at radius 3 is 2.83 bits per heavy atom. The summed E-state index contributed by atoms with van der Waals surface area (Å²) in [6, 6.07) is 5.08. The highest BCUT2D eigenvalue weighted by atomic mass is 16.7. The van der Waals surface area contributed by atoms with E-state index in [0.717, 1.165) is 24.3 Å². The van der Waals surface area contributed by atoms with Crippen LogP contribution < -0.4 is 5.32 Å². The van der Waals surface area contributed by atoms with Crippen molar-refractivity contribution in [3.05, 3.63) is 35.5 Å². The van der Waals surface area contributed by atoms with Crippen molar-refractivity contribution in [2.24, 2.45) is 11.8 Å². The molecule has 214 valence electrons. The Morgan fingerprint density at radius 1 is 1.25 bits per heavy atom. The fourth-order valence-corrected chi connectivity index (χ4v) is 8.25. The first-order valence-electron chi connectivity index (χ1n) is 14.7. The first-order chi connectivity index (χ1) is 19.0. The number of nitrogens with one attached hydrogen (secondary N) is 2. The van der Waals surface area contributed by atoms with Crippen LogP contribution >= 0.6 is 0 Å². The zero-order chi connectivity index (χ0) is 28.1. The van der Waals surface area contributed by atoms with Crippen LogP contribution in [-0.2, 0) is 25.5 Å². The molecule has 0 bridgehead atoms. The van der Waals surface area contributed by atoms with Crippen LogP contribution in [0.5, 0.6) is 0 Å². The van der Waals surface area contributed by atoms with Gasteiger partial charge in [0.2, 0.25) is 11.6 Å². The minimum Gasteiger partial charge on any atom is -0.361 e. The highest BCUT2D eigenvalue weighted by Crippen LogP contribution is 2.47. The van der Waals surface area contributed by atoms with E-state index in [1.165, 1.54) is 26.9 Å². The van der Waals surface area contributed by atoms with E-state index in [0.29, 0.717) is 24.9 Å². The maximum atomic E-state index is 14.0. The molecular weight excluding hydrogens is 510 g/mol. The number of aromatic amines is 1. The van der Waals surface area contributed by atoms with Crippen molar-refractivity contribution in [1.82, 2.24) is 25.0 Å². The molecule has 0 spiro atoms. The lowest BCUT2D eigenvalue weighted by Crippen LogP contribution is -2.71. The number of aliphatic hydroxyl groups is 1. The molecule has 4 fully saturated rings. The topological polar surface area (TPSA) is 118 Å². The molecule has 40 heavy (non-hydrogen) atoms. The molecule has 1 aliphatic carbocycles. The molecule has 1 aromatic carbocycles. The van der Waals surface area contributed by atoms with Crippen molar-refractivity contribution in [2.75, 3.05) is 20.1 Å². The van der Waals surface area contributed by atoms with Crippen LogP contribution in [0.3, 0.4) is 0 Å². The quantitative estimate of drug-likeness (QED) is 0.488. The van der Waals surface area contributed by atoms with Crippen LogP contribution in [-0.4, -0.2) is 92.4 Å². The van der Waals surface area contributed by atoms with E-state index in [4.69, 9.17) is 4.74 Å². The molecule has 4 saturated heterocycles. The fraction of sp³-hybridized carbons (Fsp3) is 0.633. The van der Waals surface area contributed by atoms with Crippen LogP contribution in [0.4, 0.5) is 0 Å². The number of nitrogens with zero attached hydrogens (tertiary/aromatic N) is 3. The number of likely N-dealkylation sites (N-methyl/N-ethyl adjacent to an activating group) is 1. The molecule has 0 saturated carbocycles. The predicted octanol–water partition coefficient (Wildman–Crippen LogP) is 1.88. The Bertz CT molecular complexity index is 1410. The minimum atomic E-state index is -2.05. The lowest BCUT2D eigenvalue weighted by atomic mass is 9.72. The number of carbonyl (C=O) groups is 3. The number of hydrogen-bond donors (Lipinski definition) is 3. The van der Waals surface area contributed by atoms with Gasteiger partial charge in [-0.05, 0) is 68.7 Å². The first kappa shape index (κ1) is 26.1. The molecule has 4 aliphatic heterocycles. The summed E-state index contributed by atoms with van der Waals surface area (Å²) in [6.07, 6.45) is 4.89. The average molecular weight is 550 g/mol. The highest BCUT2D eigenvalue weighted by molar-refractivity contribution is 6.03. The molecular formula is C30H39N5O5. The lowest BCUT2D eigenvalue weighted by Gasteiger charge is -2.48. The second kappa shape index (κ2) is 8.85. The van der Waals surface area contributed by atoms with Crippen molar-refractivity contribution >= 4 is 28.6 Å². The van der Waals surface area contributed by atoms with Gasteiger partial charge in [-0.15, -0.1) is 0 Å². The second-order valence-electron chi connectivity index (χ2n) is 13.2. The third-order valence-electron chi connectivity index (χ3n) is 10.0. The third kappa shape index (κ3) is 3.59. The van der Waals surface area contributed by atoms with Crippen molar-refractivity contribution < 1.29 is 24.2 Å². The average Bonchev–Trinajstić information content (AvgIpc) is 3.56. The Kier molecular flexibility index (Phi) is 5.78. The van der Waals surface area contributed by atoms with E-state index >= 15 is 0 Å². The molecule has 5 aliphatic rings. The molecule has 7 atom stereocenters. The number of amides is 3. The molecule has 3 amide bonds. The number of hydrogen-bond acceptors (Lipinski definition) is 7. The number of rotatable bonds is 5. The molecule has 7 rings (SSSR count). The van der Waals surface area contributed by atoms with E-state index < -0.39 is 35.5 Å². The SMILES string of the molecule is CC(C)C[C@H]1C(=O)N2C(=O)CC[C@H]2[C@]2(O)O[C@@](C)(NC[C@@H]3C[C@@H]4c5cccc6[nH]cc(c56)C[C@H]4N(C)C3)C(=O)N12. The number of piperazine rings is 1. The first-order valence-corrected chi connectivity index (χ1v) is 14.7. The number of piperidine rings is 1. The molecule has 5 heterocycles. The number of ether oxygens (including phenoxy) is 1. The van der Waals surface area contributed by atoms with Gasteiger partial charge in [0.1, 0.15) is 12.1 Å². The monoisotopic (exact) mass is 549 g/mol. The number of carbonyl (C=O) groups excluding carboxylic acids is 3. The Morgan fingerprint density at radius 2 is 2.05 bits per heavy atom. The van der Waals surface area contributed by atoms with Crippen molar-refractivity contribution in [2.45, 2.75) is 88.6 Å². The smallest absolute Gasteiger partial charge is 0.276 e. The fourth-order valence-electron chi connectivity index (χ4n) is 8.25. The van der Waals surface area contributed by atoms with E-state index in [9.17, 15) is 19.5 Å². The standard InChI is InChI=1S/C30H39N5O5/c1-16(2)10-23-27(37)34-24(8-9-25(34)36)30(39)35(23)28(38)29(3,40-30)32-13-17-11-20-19-6-5-7-21-26(19)18(14-31-21)12-22(20)33(4)15-17/h5-7,14,16-17,20,22-24,31-32,39H,8-13,15H2,1-4H3/t17-,20+,22+,23-,24-,29+,30-/m0/s1. The van der Waals surface area contributed by atoms with Gasteiger partial charge in [0.15, 0.2) is 0 Å². The predicted molar refractivity (Wildman–Crippen MR) is 147 cm³/mol. The van der Waals surface area contributed by atoms with Crippen molar-refractivity contribution in [3.63, 3.8) is 0 Å². The molecule has 10 heteroatoms. The summed E-state index contributed by atoms with van der Waals surface area (Å²) in [5.74, 6) is -2.52. The molecule has 10 nitrogen and oxygen atoms in total. The van der Waals surface area contributed by atoms with Crippen LogP contribution in [0.1, 0.15) is 63.5 Å². The summed E-state index contributed by atoms with van der Waals surface area (Å²) in [6.45, 7) is 6.95. The summed E-state index contributed by atoms with van der Waals surface area (Å²) in [7, 11) is 2.18. The van der Waals surface area contributed by atoms with Gasteiger partial charge in [0, 0.05) is 48.6 Å². The van der Waals surface area contributed by atoms with E-state index in [2.05, 4.69) is 46.6 Å². The minimum absolute atomic E-state index is 0.0753. The van der Waals surface area contributed by atoms with Gasteiger partial charge in [-0.2, -0.15) is 0 Å². The number of benzene rings is 1. The molecule has 0 radical (unpaired) electrons. The summed E-state index contributed by atoms with van der Waals surface area (Å²) in [4.78, 5) is 48.3. The summed E-state index contributed by atoms with van der Waals surface area (Å²) >= 11 is 0. The number of imide groups is 1. The van der Waals surface area contributed by atoms with Gasteiger partial charge in [0.05, 0.1) is 0 Å². The van der Waals surface area contributed by atoms with Crippen molar-refractivity contribution in [1.29, 1.82) is 0 Å². The van der Waals surface area contributed by atoms with Gasteiger partial charge in [-0.1, -0.05) is 26.0 Å². The van der Waals surface area contributed by atoms with Gasteiger partial charge in [-0.25, -0.2) is 0 Å². The maximum Gasteiger partial charge on any atom is 0.276 e. The summed E-state index contributed by atoms with van der Waals surface area (Å²) in [5.41, 5.74) is 2.43. The van der Waals surface area contributed by atoms with Crippen LogP contribution in [0, 0.1) is 11.8 Å². The Balaban J connectivity index is 1.14. The zero-order valence-electron chi connectivity index (χ0n) is 23.6. The Hall–Kier alpha value is -2.79. The number of aromatic nitrogens is 1. The highest BCUT2D eigenvalue weighted by Gasteiger charge is 2.70.